The van der Waals surface area contributed by atoms with Gasteiger partial charge in [0.25, 0.3) is 0 Å². The fourth-order valence-electron chi connectivity index (χ4n) is 4.35. The molecule has 0 spiro atoms. The molecule has 0 bridgehead atoms. The summed E-state index contributed by atoms with van der Waals surface area (Å²) < 4.78 is 0. The van der Waals surface area contributed by atoms with Gasteiger partial charge in [-0.2, -0.15) is 0 Å². The Kier molecular flexibility index (Phi) is 7.62. The number of anilines is 1. The van der Waals surface area contributed by atoms with E-state index in [0.717, 1.165) is 43.2 Å². The smallest absolute Gasteiger partial charge is 0.127 e. The first-order valence-corrected chi connectivity index (χ1v) is 11.4. The van der Waals surface area contributed by atoms with E-state index in [-0.39, 0.29) is 0 Å². The molecule has 1 heterocycles. The van der Waals surface area contributed by atoms with Crippen LogP contribution in [0.15, 0.2) is 47.7 Å². The highest BCUT2D eigenvalue weighted by atomic mass is 15.0. The van der Waals surface area contributed by atoms with Gasteiger partial charge in [-0.15, -0.1) is 0 Å². The molecule has 5 N–H and O–H groups in total. The molecule has 1 aliphatic heterocycles. The van der Waals surface area contributed by atoms with E-state index in [0.29, 0.717) is 12.4 Å². The van der Waals surface area contributed by atoms with Crippen LogP contribution in [0.1, 0.15) is 45.9 Å². The van der Waals surface area contributed by atoms with E-state index in [1.54, 1.807) is 0 Å². The number of fused-ring (bicyclic) bond motifs is 1. The zero-order chi connectivity index (χ0) is 23.3. The van der Waals surface area contributed by atoms with Crippen LogP contribution in [0.2, 0.25) is 0 Å². The summed E-state index contributed by atoms with van der Waals surface area (Å²) in [7, 11) is 0. The van der Waals surface area contributed by atoms with Gasteiger partial charge in [0.2, 0.25) is 0 Å². The van der Waals surface area contributed by atoms with Crippen molar-refractivity contribution < 1.29 is 0 Å². The number of nitrogens with zero attached hydrogens (tertiary/aromatic N) is 1. The van der Waals surface area contributed by atoms with Crippen molar-refractivity contribution in [3.63, 3.8) is 0 Å². The standard InChI is InChI=1S/C27H37N5/c1-7-22-15-23-8-9-31-26(32-27-19(4)12-17(2)13-20(27)5)16-25(24(23)14-18(22)3)30-11-10-29-21(6)28/h12-16,29-30H,6-11,28H2,1-5H3,(H,31,32)/b25-16-. The minimum Gasteiger partial charge on any atom is -0.386 e. The van der Waals surface area contributed by atoms with Gasteiger partial charge in [-0.1, -0.05) is 37.3 Å². The Morgan fingerprint density at radius 2 is 1.75 bits per heavy atom. The average molecular weight is 432 g/mol. The highest BCUT2D eigenvalue weighted by molar-refractivity contribution is 6.08. The predicted octanol–water partition coefficient (Wildman–Crippen LogP) is 4.50. The number of benzene rings is 2. The lowest BCUT2D eigenvalue weighted by Crippen LogP contribution is -2.29. The number of aryl methyl sites for hydroxylation is 5. The third kappa shape index (κ3) is 5.72. The molecule has 170 valence electrons. The zero-order valence-electron chi connectivity index (χ0n) is 20.2. The van der Waals surface area contributed by atoms with Gasteiger partial charge in [-0.05, 0) is 74.4 Å². The summed E-state index contributed by atoms with van der Waals surface area (Å²) >= 11 is 0. The molecule has 0 radical (unpaired) electrons. The van der Waals surface area contributed by atoms with Gasteiger partial charge in [0.05, 0.1) is 5.82 Å². The third-order valence-electron chi connectivity index (χ3n) is 5.90. The second-order valence-electron chi connectivity index (χ2n) is 8.64. The van der Waals surface area contributed by atoms with Crippen molar-refractivity contribution in [2.75, 3.05) is 25.0 Å². The number of hydrogen-bond donors (Lipinski definition) is 4. The lowest BCUT2D eigenvalue weighted by molar-refractivity contribution is 0.742. The van der Waals surface area contributed by atoms with Crippen molar-refractivity contribution in [3.8, 4) is 0 Å². The summed E-state index contributed by atoms with van der Waals surface area (Å²) in [5, 5.41) is 10.3. The fourth-order valence-corrected chi connectivity index (χ4v) is 4.35. The van der Waals surface area contributed by atoms with E-state index in [4.69, 9.17) is 10.7 Å². The average Bonchev–Trinajstić information content (AvgIpc) is 2.71. The maximum Gasteiger partial charge on any atom is 0.127 e. The monoisotopic (exact) mass is 431 g/mol. The minimum absolute atomic E-state index is 0.483. The highest BCUT2D eigenvalue weighted by Crippen LogP contribution is 2.26. The van der Waals surface area contributed by atoms with Crippen molar-refractivity contribution in [2.45, 2.75) is 47.5 Å². The SMILES string of the molecule is C=C(N)NCCN/C1=C\C(Nc2c(C)cc(C)cc2C)=NCCc2cc(CC)c(C)cc21. The first kappa shape index (κ1) is 23.5. The maximum absolute atomic E-state index is 5.66. The van der Waals surface area contributed by atoms with E-state index in [1.807, 2.05) is 0 Å². The molecule has 0 amide bonds. The number of amidine groups is 1. The summed E-state index contributed by atoms with van der Waals surface area (Å²) in [5.74, 6) is 1.36. The quantitative estimate of drug-likeness (QED) is 0.487. The number of nitrogens with one attached hydrogen (secondary N) is 3. The molecule has 0 fully saturated rings. The molecule has 1 aliphatic rings. The van der Waals surface area contributed by atoms with Crippen molar-refractivity contribution >= 4 is 17.2 Å². The largest absolute Gasteiger partial charge is 0.386 e. The molecule has 0 aliphatic carbocycles. The normalized spacial score (nSPS) is 14.9. The predicted molar refractivity (Wildman–Crippen MR) is 138 cm³/mol. The van der Waals surface area contributed by atoms with Crippen molar-refractivity contribution in [3.05, 3.63) is 81.7 Å². The van der Waals surface area contributed by atoms with Gasteiger partial charge in [0.15, 0.2) is 0 Å². The first-order chi connectivity index (χ1) is 15.3. The molecular formula is C27H37N5. The summed E-state index contributed by atoms with van der Waals surface area (Å²) in [6, 6.07) is 9.08. The van der Waals surface area contributed by atoms with E-state index in [2.05, 4.69) is 87.5 Å². The molecule has 0 aromatic heterocycles. The van der Waals surface area contributed by atoms with Crippen molar-refractivity contribution in [1.29, 1.82) is 0 Å². The van der Waals surface area contributed by atoms with Crippen LogP contribution < -0.4 is 21.7 Å². The molecule has 2 aromatic rings. The Balaban J connectivity index is 1.97. The van der Waals surface area contributed by atoms with Crippen LogP contribution in [-0.2, 0) is 12.8 Å². The Bertz CT molecular complexity index is 1040. The van der Waals surface area contributed by atoms with E-state index in [1.165, 1.54) is 38.9 Å². The summed E-state index contributed by atoms with van der Waals surface area (Å²) in [5.41, 5.74) is 16.9. The van der Waals surface area contributed by atoms with E-state index < -0.39 is 0 Å². The Hall–Kier alpha value is -3.21. The van der Waals surface area contributed by atoms with Crippen molar-refractivity contribution in [1.82, 2.24) is 10.6 Å². The minimum atomic E-state index is 0.483. The number of aliphatic imine (C=N–C) groups is 1. The topological polar surface area (TPSA) is 74.5 Å². The fraction of sp³-hybridized carbons (Fsp3) is 0.370. The van der Waals surface area contributed by atoms with Crippen LogP contribution in [0.4, 0.5) is 5.69 Å². The molecule has 5 heteroatoms. The van der Waals surface area contributed by atoms with Gasteiger partial charge in [-0.3, -0.25) is 4.99 Å². The number of nitrogens with two attached hydrogens (primary N) is 1. The molecule has 5 nitrogen and oxygen atoms in total. The lowest BCUT2D eigenvalue weighted by Gasteiger charge is -2.22. The summed E-state index contributed by atoms with van der Waals surface area (Å²) in [6.07, 6.45) is 4.09. The maximum atomic E-state index is 5.66. The summed E-state index contributed by atoms with van der Waals surface area (Å²) in [6.45, 7) is 16.7. The van der Waals surface area contributed by atoms with Crippen LogP contribution in [-0.4, -0.2) is 25.5 Å². The van der Waals surface area contributed by atoms with Crippen LogP contribution in [0, 0.1) is 27.7 Å². The number of hydrogen-bond acceptors (Lipinski definition) is 5. The van der Waals surface area contributed by atoms with Gasteiger partial charge in [0, 0.05) is 42.7 Å². The van der Waals surface area contributed by atoms with E-state index in [9.17, 15) is 0 Å². The van der Waals surface area contributed by atoms with Crippen LogP contribution in [0.5, 0.6) is 0 Å². The number of rotatable bonds is 7. The molecule has 0 unspecified atom stereocenters. The lowest BCUT2D eigenvalue weighted by atomic mass is 9.93. The molecule has 0 saturated carbocycles. The molecule has 0 atom stereocenters. The molecule has 2 aromatic carbocycles. The van der Waals surface area contributed by atoms with Crippen LogP contribution >= 0.6 is 0 Å². The Morgan fingerprint density at radius 3 is 2.41 bits per heavy atom. The van der Waals surface area contributed by atoms with Gasteiger partial charge in [-0.25, -0.2) is 0 Å². The molecule has 0 saturated heterocycles. The second-order valence-corrected chi connectivity index (χ2v) is 8.64. The molecular weight excluding hydrogens is 394 g/mol. The van der Waals surface area contributed by atoms with Gasteiger partial charge < -0.3 is 21.7 Å². The molecule has 3 rings (SSSR count). The van der Waals surface area contributed by atoms with Gasteiger partial charge >= 0.3 is 0 Å². The summed E-state index contributed by atoms with van der Waals surface area (Å²) in [4.78, 5) is 4.91. The van der Waals surface area contributed by atoms with E-state index >= 15 is 0 Å². The third-order valence-corrected chi connectivity index (χ3v) is 5.90. The van der Waals surface area contributed by atoms with Crippen LogP contribution in [0.3, 0.4) is 0 Å². The molecule has 32 heavy (non-hydrogen) atoms. The first-order valence-electron chi connectivity index (χ1n) is 11.4. The van der Waals surface area contributed by atoms with Gasteiger partial charge in [0.1, 0.15) is 5.84 Å². The zero-order valence-corrected chi connectivity index (χ0v) is 20.2. The highest BCUT2D eigenvalue weighted by Gasteiger charge is 2.15. The van der Waals surface area contributed by atoms with Crippen LogP contribution in [0.25, 0.3) is 5.70 Å². The second kappa shape index (κ2) is 10.4. The Labute approximate surface area is 192 Å². The van der Waals surface area contributed by atoms with Crippen molar-refractivity contribution in [2.24, 2.45) is 10.7 Å². The Morgan fingerprint density at radius 1 is 1.03 bits per heavy atom.